The van der Waals surface area contributed by atoms with Gasteiger partial charge in [0.1, 0.15) is 11.6 Å². The predicted molar refractivity (Wildman–Crippen MR) is 84.5 cm³/mol. The highest BCUT2D eigenvalue weighted by Crippen LogP contribution is 2.30. The van der Waals surface area contributed by atoms with Crippen molar-refractivity contribution in [3.8, 4) is 5.75 Å². The lowest BCUT2D eigenvalue weighted by Crippen LogP contribution is -2.47. The van der Waals surface area contributed by atoms with Crippen molar-refractivity contribution in [2.45, 2.75) is 26.4 Å². The smallest absolute Gasteiger partial charge is 0.143 e. The van der Waals surface area contributed by atoms with Crippen molar-refractivity contribution >= 4 is 5.69 Å². The highest BCUT2D eigenvalue weighted by atomic mass is 19.1. The summed E-state index contributed by atoms with van der Waals surface area (Å²) in [7, 11) is 0. The van der Waals surface area contributed by atoms with E-state index in [4.69, 9.17) is 10.5 Å². The zero-order chi connectivity index (χ0) is 15.2. The lowest BCUT2D eigenvalue weighted by Gasteiger charge is -2.36. The number of ether oxygens (including phenoxy) is 1. The standard InChI is InChI=1S/C16H26FN3O/c1-13(2)21-16-5-4-14(17)12-15(16)20-10-8-19(9-11-20)7-3-6-18/h4-5,12-13H,3,6-11,18H2,1-2H3. The summed E-state index contributed by atoms with van der Waals surface area (Å²) >= 11 is 0. The minimum absolute atomic E-state index is 0.0834. The van der Waals surface area contributed by atoms with E-state index in [1.54, 1.807) is 12.1 Å². The number of benzene rings is 1. The number of nitrogens with two attached hydrogens (primary N) is 1. The third-order valence-corrected chi connectivity index (χ3v) is 3.68. The molecule has 0 aromatic heterocycles. The van der Waals surface area contributed by atoms with Crippen LogP contribution in [-0.4, -0.2) is 50.3 Å². The Morgan fingerprint density at radius 1 is 1.24 bits per heavy atom. The number of anilines is 1. The van der Waals surface area contributed by atoms with E-state index in [0.29, 0.717) is 0 Å². The number of piperazine rings is 1. The number of halogens is 1. The van der Waals surface area contributed by atoms with Crippen LogP contribution in [0.1, 0.15) is 20.3 Å². The van der Waals surface area contributed by atoms with Gasteiger partial charge in [-0.25, -0.2) is 4.39 Å². The van der Waals surface area contributed by atoms with Gasteiger partial charge in [-0.1, -0.05) is 0 Å². The van der Waals surface area contributed by atoms with Crippen LogP contribution in [0.15, 0.2) is 18.2 Å². The van der Waals surface area contributed by atoms with Gasteiger partial charge in [-0.3, -0.25) is 4.90 Å². The molecular weight excluding hydrogens is 269 g/mol. The second-order valence-corrected chi connectivity index (χ2v) is 5.75. The summed E-state index contributed by atoms with van der Waals surface area (Å²) in [5.41, 5.74) is 6.41. The van der Waals surface area contributed by atoms with Gasteiger partial charge in [-0.05, 0) is 45.5 Å². The molecule has 21 heavy (non-hydrogen) atoms. The molecule has 2 rings (SSSR count). The molecule has 1 aromatic carbocycles. The quantitative estimate of drug-likeness (QED) is 0.872. The average molecular weight is 295 g/mol. The summed E-state index contributed by atoms with van der Waals surface area (Å²) in [5.74, 6) is 0.550. The zero-order valence-corrected chi connectivity index (χ0v) is 13.0. The Morgan fingerprint density at radius 2 is 1.95 bits per heavy atom. The lowest BCUT2D eigenvalue weighted by molar-refractivity contribution is 0.237. The Morgan fingerprint density at radius 3 is 2.57 bits per heavy atom. The molecule has 1 aliphatic rings. The van der Waals surface area contributed by atoms with Crippen LogP contribution in [0.5, 0.6) is 5.75 Å². The SMILES string of the molecule is CC(C)Oc1ccc(F)cc1N1CCN(CCCN)CC1. The number of rotatable bonds is 6. The largest absolute Gasteiger partial charge is 0.489 e. The minimum atomic E-state index is -0.216. The Labute approximate surface area is 126 Å². The fourth-order valence-corrected chi connectivity index (χ4v) is 2.62. The van der Waals surface area contributed by atoms with Crippen LogP contribution in [0, 0.1) is 5.82 Å². The van der Waals surface area contributed by atoms with E-state index < -0.39 is 0 Å². The monoisotopic (exact) mass is 295 g/mol. The van der Waals surface area contributed by atoms with E-state index in [-0.39, 0.29) is 11.9 Å². The molecule has 0 bridgehead atoms. The Balaban J connectivity index is 2.03. The molecule has 0 amide bonds. The fourth-order valence-electron chi connectivity index (χ4n) is 2.62. The van der Waals surface area contributed by atoms with E-state index in [0.717, 1.165) is 57.1 Å². The first kappa shape index (κ1) is 16.0. The van der Waals surface area contributed by atoms with E-state index >= 15 is 0 Å². The lowest BCUT2D eigenvalue weighted by atomic mass is 10.2. The summed E-state index contributed by atoms with van der Waals surface area (Å²) < 4.78 is 19.4. The molecule has 118 valence electrons. The first-order valence-electron chi connectivity index (χ1n) is 7.73. The van der Waals surface area contributed by atoms with E-state index in [1.165, 1.54) is 6.07 Å². The second kappa shape index (κ2) is 7.61. The van der Waals surface area contributed by atoms with E-state index in [1.807, 2.05) is 13.8 Å². The molecule has 1 fully saturated rings. The maximum Gasteiger partial charge on any atom is 0.143 e. The molecule has 1 aliphatic heterocycles. The molecule has 0 radical (unpaired) electrons. The minimum Gasteiger partial charge on any atom is -0.489 e. The molecule has 4 nitrogen and oxygen atoms in total. The van der Waals surface area contributed by atoms with Crippen molar-refractivity contribution < 1.29 is 9.13 Å². The summed E-state index contributed by atoms with van der Waals surface area (Å²) in [5, 5.41) is 0. The molecule has 0 atom stereocenters. The van der Waals surface area contributed by atoms with Crippen LogP contribution >= 0.6 is 0 Å². The number of hydrogen-bond acceptors (Lipinski definition) is 4. The van der Waals surface area contributed by atoms with Crippen LogP contribution in [0.25, 0.3) is 0 Å². The first-order valence-corrected chi connectivity index (χ1v) is 7.73. The van der Waals surface area contributed by atoms with Crippen LogP contribution in [-0.2, 0) is 0 Å². The second-order valence-electron chi connectivity index (χ2n) is 5.75. The normalized spacial score (nSPS) is 16.5. The third-order valence-electron chi connectivity index (χ3n) is 3.68. The van der Waals surface area contributed by atoms with Crippen molar-refractivity contribution in [1.82, 2.24) is 4.90 Å². The van der Waals surface area contributed by atoms with Crippen molar-refractivity contribution in [3.05, 3.63) is 24.0 Å². The van der Waals surface area contributed by atoms with Crippen LogP contribution in [0.2, 0.25) is 0 Å². The van der Waals surface area contributed by atoms with Crippen molar-refractivity contribution in [3.63, 3.8) is 0 Å². The van der Waals surface area contributed by atoms with E-state index in [2.05, 4.69) is 9.80 Å². The molecule has 1 heterocycles. The summed E-state index contributed by atoms with van der Waals surface area (Å²) in [6, 6.07) is 4.76. The summed E-state index contributed by atoms with van der Waals surface area (Å²) in [4.78, 5) is 4.62. The van der Waals surface area contributed by atoms with Gasteiger partial charge in [0.15, 0.2) is 0 Å². The van der Waals surface area contributed by atoms with Crippen molar-refractivity contribution in [2.75, 3.05) is 44.2 Å². The van der Waals surface area contributed by atoms with Gasteiger partial charge in [0.2, 0.25) is 0 Å². The van der Waals surface area contributed by atoms with Gasteiger partial charge in [0.25, 0.3) is 0 Å². The van der Waals surface area contributed by atoms with Crippen LogP contribution < -0.4 is 15.4 Å². The number of hydrogen-bond donors (Lipinski definition) is 1. The molecule has 0 spiro atoms. The molecule has 0 saturated carbocycles. The predicted octanol–water partition coefficient (Wildman–Crippen LogP) is 2.08. The highest BCUT2D eigenvalue weighted by Gasteiger charge is 2.20. The first-order chi connectivity index (χ1) is 10.1. The maximum atomic E-state index is 13.6. The van der Waals surface area contributed by atoms with E-state index in [9.17, 15) is 4.39 Å². The van der Waals surface area contributed by atoms with Gasteiger partial charge in [-0.15, -0.1) is 0 Å². The number of nitrogens with zero attached hydrogens (tertiary/aromatic N) is 2. The molecular formula is C16H26FN3O. The van der Waals surface area contributed by atoms with Gasteiger partial charge >= 0.3 is 0 Å². The molecule has 0 unspecified atom stereocenters. The average Bonchev–Trinajstić information content (AvgIpc) is 2.47. The van der Waals surface area contributed by atoms with Gasteiger partial charge in [0, 0.05) is 32.2 Å². The Hall–Kier alpha value is -1.33. The molecule has 1 saturated heterocycles. The third kappa shape index (κ3) is 4.58. The van der Waals surface area contributed by atoms with Gasteiger partial charge < -0.3 is 15.4 Å². The van der Waals surface area contributed by atoms with Gasteiger partial charge in [0.05, 0.1) is 11.8 Å². The van der Waals surface area contributed by atoms with Crippen molar-refractivity contribution in [1.29, 1.82) is 0 Å². The van der Waals surface area contributed by atoms with Crippen molar-refractivity contribution in [2.24, 2.45) is 5.73 Å². The molecule has 1 aromatic rings. The molecule has 5 heteroatoms. The van der Waals surface area contributed by atoms with Gasteiger partial charge in [-0.2, -0.15) is 0 Å². The zero-order valence-electron chi connectivity index (χ0n) is 13.0. The Bertz CT molecular complexity index is 445. The van der Waals surface area contributed by atoms with Crippen LogP contribution in [0.3, 0.4) is 0 Å². The Kier molecular flexibility index (Phi) is 5.82. The van der Waals surface area contributed by atoms with Crippen LogP contribution in [0.4, 0.5) is 10.1 Å². The fraction of sp³-hybridized carbons (Fsp3) is 0.625. The molecule has 2 N–H and O–H groups in total. The maximum absolute atomic E-state index is 13.6. The highest BCUT2D eigenvalue weighted by molar-refractivity contribution is 5.59. The molecule has 0 aliphatic carbocycles. The topological polar surface area (TPSA) is 41.7 Å². The summed E-state index contributed by atoms with van der Waals surface area (Å²) in [6.07, 6.45) is 1.11. The summed E-state index contributed by atoms with van der Waals surface area (Å²) in [6.45, 7) is 9.50.